The molecule has 4 heteroatoms. The van der Waals surface area contributed by atoms with Crippen LogP contribution >= 0.6 is 0 Å². The molecule has 20 heavy (non-hydrogen) atoms. The molecule has 0 bridgehead atoms. The van der Waals surface area contributed by atoms with Crippen LogP contribution in [0.3, 0.4) is 0 Å². The van der Waals surface area contributed by atoms with Crippen LogP contribution in [0.25, 0.3) is 0 Å². The summed E-state index contributed by atoms with van der Waals surface area (Å²) >= 11 is 0. The van der Waals surface area contributed by atoms with Crippen molar-refractivity contribution in [2.75, 3.05) is 0 Å². The van der Waals surface area contributed by atoms with Crippen molar-refractivity contribution in [3.63, 3.8) is 0 Å². The standard InChI is InChI=1S/C16H30O4/c1-2-3-4-5-6-7-8-9-10-11-12-14(16(19)20)13-15(17)18/h14H,2-13H2,1H3,(H,17,18)(H,19,20). The monoisotopic (exact) mass is 286 g/mol. The van der Waals surface area contributed by atoms with Gasteiger partial charge >= 0.3 is 11.9 Å². The van der Waals surface area contributed by atoms with E-state index in [0.717, 1.165) is 19.3 Å². The van der Waals surface area contributed by atoms with Crippen molar-refractivity contribution < 1.29 is 19.8 Å². The summed E-state index contributed by atoms with van der Waals surface area (Å²) in [5, 5.41) is 17.5. The first-order valence-electron chi connectivity index (χ1n) is 8.02. The van der Waals surface area contributed by atoms with E-state index in [1.807, 2.05) is 0 Å². The van der Waals surface area contributed by atoms with Gasteiger partial charge < -0.3 is 10.2 Å². The highest BCUT2D eigenvalue weighted by atomic mass is 16.4. The third-order valence-corrected chi connectivity index (χ3v) is 3.68. The number of carboxylic acid groups (broad SMARTS) is 2. The topological polar surface area (TPSA) is 74.6 Å². The van der Waals surface area contributed by atoms with Crippen LogP contribution in [0, 0.1) is 5.92 Å². The van der Waals surface area contributed by atoms with E-state index in [0.29, 0.717) is 6.42 Å². The molecule has 0 aromatic carbocycles. The van der Waals surface area contributed by atoms with E-state index >= 15 is 0 Å². The van der Waals surface area contributed by atoms with Gasteiger partial charge in [-0.2, -0.15) is 0 Å². The van der Waals surface area contributed by atoms with Gasteiger partial charge in [0, 0.05) is 0 Å². The molecule has 0 aromatic rings. The highest BCUT2D eigenvalue weighted by Gasteiger charge is 2.19. The summed E-state index contributed by atoms with van der Waals surface area (Å²) in [5.41, 5.74) is 0. The zero-order chi connectivity index (χ0) is 15.2. The van der Waals surface area contributed by atoms with Crippen molar-refractivity contribution in [1.82, 2.24) is 0 Å². The van der Waals surface area contributed by atoms with Crippen molar-refractivity contribution in [3.8, 4) is 0 Å². The first-order chi connectivity index (χ1) is 9.57. The van der Waals surface area contributed by atoms with Crippen molar-refractivity contribution in [1.29, 1.82) is 0 Å². The Kier molecular flexibility index (Phi) is 12.3. The van der Waals surface area contributed by atoms with Crippen LogP contribution in [0.2, 0.25) is 0 Å². The van der Waals surface area contributed by atoms with Gasteiger partial charge in [0.05, 0.1) is 12.3 Å². The Morgan fingerprint density at radius 1 is 0.800 bits per heavy atom. The highest BCUT2D eigenvalue weighted by Crippen LogP contribution is 2.16. The van der Waals surface area contributed by atoms with Crippen LogP contribution in [0.5, 0.6) is 0 Å². The predicted octanol–water partition coefficient (Wildman–Crippen LogP) is 4.47. The van der Waals surface area contributed by atoms with E-state index in [1.54, 1.807) is 0 Å². The molecule has 1 unspecified atom stereocenters. The molecule has 0 radical (unpaired) electrons. The Hall–Kier alpha value is -1.06. The minimum absolute atomic E-state index is 0.257. The lowest BCUT2D eigenvalue weighted by molar-refractivity contribution is -0.148. The molecule has 0 amide bonds. The molecule has 0 rings (SSSR count). The Bertz CT molecular complexity index is 263. The molecule has 0 aliphatic carbocycles. The number of rotatable bonds is 14. The molecule has 0 aromatic heterocycles. The number of unbranched alkanes of at least 4 members (excludes halogenated alkanes) is 9. The van der Waals surface area contributed by atoms with Gasteiger partial charge in [0.25, 0.3) is 0 Å². The van der Waals surface area contributed by atoms with Gasteiger partial charge in [0.2, 0.25) is 0 Å². The molecule has 0 heterocycles. The summed E-state index contributed by atoms with van der Waals surface area (Å²) in [6.07, 6.45) is 12.2. The van der Waals surface area contributed by atoms with Gasteiger partial charge in [-0.25, -0.2) is 0 Å². The molecule has 2 N–H and O–H groups in total. The second-order valence-electron chi connectivity index (χ2n) is 5.60. The first-order valence-corrected chi connectivity index (χ1v) is 8.02. The van der Waals surface area contributed by atoms with E-state index in [2.05, 4.69) is 6.92 Å². The summed E-state index contributed by atoms with van der Waals surface area (Å²) in [6.45, 7) is 2.22. The number of carbonyl (C=O) groups is 2. The minimum Gasteiger partial charge on any atom is -0.481 e. The maximum atomic E-state index is 10.9. The molecule has 1 atom stereocenters. The molecule has 0 saturated carbocycles. The molecule has 4 nitrogen and oxygen atoms in total. The fourth-order valence-corrected chi connectivity index (χ4v) is 2.40. The lowest BCUT2D eigenvalue weighted by Crippen LogP contribution is -2.17. The van der Waals surface area contributed by atoms with Gasteiger partial charge in [-0.1, -0.05) is 71.1 Å². The zero-order valence-electron chi connectivity index (χ0n) is 12.8. The van der Waals surface area contributed by atoms with Crippen LogP contribution < -0.4 is 0 Å². The van der Waals surface area contributed by atoms with Gasteiger partial charge in [-0.3, -0.25) is 9.59 Å². The van der Waals surface area contributed by atoms with Gasteiger partial charge in [-0.05, 0) is 6.42 Å². The van der Waals surface area contributed by atoms with Gasteiger partial charge in [0.1, 0.15) is 0 Å². The van der Waals surface area contributed by atoms with E-state index in [4.69, 9.17) is 10.2 Å². The van der Waals surface area contributed by atoms with Crippen LogP contribution in [-0.4, -0.2) is 22.2 Å². The maximum Gasteiger partial charge on any atom is 0.307 e. The highest BCUT2D eigenvalue weighted by molar-refractivity contribution is 5.77. The number of hydrogen-bond donors (Lipinski definition) is 2. The number of aliphatic carboxylic acids is 2. The molecular weight excluding hydrogens is 256 g/mol. The molecule has 0 aliphatic heterocycles. The van der Waals surface area contributed by atoms with Crippen LogP contribution in [0.15, 0.2) is 0 Å². The second kappa shape index (κ2) is 12.9. The first kappa shape index (κ1) is 18.9. The third kappa shape index (κ3) is 12.0. The Labute approximate surface area is 122 Å². The number of carboxylic acids is 2. The summed E-state index contributed by atoms with van der Waals surface area (Å²) in [4.78, 5) is 21.4. The van der Waals surface area contributed by atoms with E-state index < -0.39 is 17.9 Å². The average Bonchev–Trinajstić information content (AvgIpc) is 2.39. The van der Waals surface area contributed by atoms with Crippen LogP contribution in [0.4, 0.5) is 0 Å². The summed E-state index contributed by atoms with van der Waals surface area (Å²) in [7, 11) is 0. The van der Waals surface area contributed by atoms with Crippen molar-refractivity contribution in [3.05, 3.63) is 0 Å². The molecule has 0 saturated heterocycles. The van der Waals surface area contributed by atoms with Crippen LogP contribution in [-0.2, 0) is 9.59 Å². The molecular formula is C16H30O4. The molecule has 0 fully saturated rings. The lowest BCUT2D eigenvalue weighted by atomic mass is 9.97. The van der Waals surface area contributed by atoms with Crippen molar-refractivity contribution in [2.24, 2.45) is 5.92 Å². The lowest BCUT2D eigenvalue weighted by Gasteiger charge is -2.09. The SMILES string of the molecule is CCCCCCCCCCCCC(CC(=O)O)C(=O)O. The molecule has 118 valence electrons. The normalized spacial score (nSPS) is 12.2. The largest absolute Gasteiger partial charge is 0.481 e. The Balaban J connectivity index is 3.41. The minimum atomic E-state index is -1.02. The Morgan fingerprint density at radius 2 is 1.25 bits per heavy atom. The Morgan fingerprint density at radius 3 is 1.65 bits per heavy atom. The molecule has 0 spiro atoms. The fraction of sp³-hybridized carbons (Fsp3) is 0.875. The van der Waals surface area contributed by atoms with Crippen molar-refractivity contribution in [2.45, 2.75) is 84.0 Å². The van der Waals surface area contributed by atoms with Crippen molar-refractivity contribution >= 4 is 11.9 Å². The van der Waals surface area contributed by atoms with E-state index in [-0.39, 0.29) is 6.42 Å². The molecule has 0 aliphatic rings. The average molecular weight is 286 g/mol. The number of hydrogen-bond acceptors (Lipinski definition) is 2. The summed E-state index contributed by atoms with van der Waals surface area (Å²) in [6, 6.07) is 0. The van der Waals surface area contributed by atoms with E-state index in [1.165, 1.54) is 44.9 Å². The van der Waals surface area contributed by atoms with Gasteiger partial charge in [-0.15, -0.1) is 0 Å². The fourth-order valence-electron chi connectivity index (χ4n) is 2.40. The predicted molar refractivity (Wildman–Crippen MR) is 79.8 cm³/mol. The third-order valence-electron chi connectivity index (χ3n) is 3.68. The second-order valence-corrected chi connectivity index (χ2v) is 5.60. The quantitative estimate of drug-likeness (QED) is 0.462. The van der Waals surface area contributed by atoms with Gasteiger partial charge in [0.15, 0.2) is 0 Å². The van der Waals surface area contributed by atoms with Crippen LogP contribution in [0.1, 0.15) is 84.0 Å². The maximum absolute atomic E-state index is 10.9. The zero-order valence-corrected chi connectivity index (χ0v) is 12.8. The summed E-state index contributed by atoms with van der Waals surface area (Å²) < 4.78 is 0. The van der Waals surface area contributed by atoms with E-state index in [9.17, 15) is 9.59 Å². The smallest absolute Gasteiger partial charge is 0.307 e. The summed E-state index contributed by atoms with van der Waals surface area (Å²) in [5.74, 6) is -2.73.